The Bertz CT molecular complexity index is 433. The molecule has 0 N–H and O–H groups in total. The van der Waals surface area contributed by atoms with Crippen LogP contribution in [-0.4, -0.2) is 18.7 Å². The maximum Gasteiger partial charge on any atom is 0.175 e. The molecule has 0 unspecified atom stereocenters. The van der Waals surface area contributed by atoms with E-state index in [4.69, 9.17) is 4.74 Å². The van der Waals surface area contributed by atoms with E-state index in [0.717, 1.165) is 12.1 Å². The van der Waals surface area contributed by atoms with Gasteiger partial charge in [0.1, 0.15) is 24.5 Å². The standard InChI is InChI=1S/C13H15FO3/c1-13(2,3)12(16)8-17-11-5-9(7-15)4-10(14)6-11/h4-7H,8H2,1-3H3. The van der Waals surface area contributed by atoms with Gasteiger partial charge in [0.15, 0.2) is 5.78 Å². The van der Waals surface area contributed by atoms with Crippen molar-refractivity contribution in [3.8, 4) is 5.75 Å². The number of halogens is 1. The molecule has 0 atom stereocenters. The largest absolute Gasteiger partial charge is 0.486 e. The molecule has 1 rings (SSSR count). The van der Waals surface area contributed by atoms with Crippen molar-refractivity contribution in [1.29, 1.82) is 0 Å². The van der Waals surface area contributed by atoms with Gasteiger partial charge in [0.05, 0.1) is 0 Å². The first-order valence-corrected chi connectivity index (χ1v) is 5.25. The van der Waals surface area contributed by atoms with Crippen LogP contribution in [0.2, 0.25) is 0 Å². The molecule has 1 aromatic rings. The van der Waals surface area contributed by atoms with Gasteiger partial charge in [-0.25, -0.2) is 4.39 Å². The molecule has 3 nitrogen and oxygen atoms in total. The molecule has 0 saturated heterocycles. The summed E-state index contributed by atoms with van der Waals surface area (Å²) in [6, 6.07) is 3.64. The zero-order chi connectivity index (χ0) is 13.1. The van der Waals surface area contributed by atoms with Crippen LogP contribution in [0.1, 0.15) is 31.1 Å². The molecule has 17 heavy (non-hydrogen) atoms. The molecule has 0 spiro atoms. The lowest BCUT2D eigenvalue weighted by atomic mass is 9.91. The summed E-state index contributed by atoms with van der Waals surface area (Å²) in [7, 11) is 0. The summed E-state index contributed by atoms with van der Waals surface area (Å²) in [6.45, 7) is 5.20. The summed E-state index contributed by atoms with van der Waals surface area (Å²) in [5.74, 6) is -0.466. The zero-order valence-corrected chi connectivity index (χ0v) is 10.1. The summed E-state index contributed by atoms with van der Waals surface area (Å²) < 4.78 is 18.2. The summed E-state index contributed by atoms with van der Waals surface area (Å²) in [5, 5.41) is 0. The summed E-state index contributed by atoms with van der Waals surface area (Å²) >= 11 is 0. The Morgan fingerprint density at radius 1 is 1.35 bits per heavy atom. The number of Topliss-reactive ketones (excluding diaryl/α,β-unsaturated/α-hetero) is 1. The van der Waals surface area contributed by atoms with Gasteiger partial charge < -0.3 is 4.74 Å². The number of rotatable bonds is 4. The van der Waals surface area contributed by atoms with Gasteiger partial charge >= 0.3 is 0 Å². The van der Waals surface area contributed by atoms with Gasteiger partial charge in [-0.1, -0.05) is 20.8 Å². The third-order valence-electron chi connectivity index (χ3n) is 2.24. The molecule has 0 aromatic heterocycles. The van der Waals surface area contributed by atoms with Gasteiger partial charge in [-0.3, -0.25) is 9.59 Å². The van der Waals surface area contributed by atoms with Crippen LogP contribution in [-0.2, 0) is 4.79 Å². The lowest BCUT2D eigenvalue weighted by Gasteiger charge is -2.16. The lowest BCUT2D eigenvalue weighted by molar-refractivity contribution is -0.128. The molecule has 1 aromatic carbocycles. The predicted octanol–water partition coefficient (Wildman–Crippen LogP) is 2.63. The van der Waals surface area contributed by atoms with Crippen molar-refractivity contribution in [2.24, 2.45) is 5.41 Å². The van der Waals surface area contributed by atoms with E-state index < -0.39 is 11.2 Å². The van der Waals surface area contributed by atoms with E-state index in [2.05, 4.69) is 0 Å². The Labute approximate surface area is 99.6 Å². The molecule has 0 amide bonds. The Balaban J connectivity index is 2.73. The number of carbonyl (C=O) groups excluding carboxylic acids is 2. The van der Waals surface area contributed by atoms with Crippen LogP contribution in [0.3, 0.4) is 0 Å². The first-order valence-electron chi connectivity index (χ1n) is 5.25. The number of benzene rings is 1. The van der Waals surface area contributed by atoms with Crippen molar-refractivity contribution < 1.29 is 18.7 Å². The minimum Gasteiger partial charge on any atom is -0.486 e. The highest BCUT2D eigenvalue weighted by atomic mass is 19.1. The van der Waals surface area contributed by atoms with E-state index in [-0.39, 0.29) is 23.7 Å². The smallest absolute Gasteiger partial charge is 0.175 e. The molecule has 92 valence electrons. The van der Waals surface area contributed by atoms with Gasteiger partial charge in [0.2, 0.25) is 0 Å². The van der Waals surface area contributed by atoms with Crippen LogP contribution >= 0.6 is 0 Å². The second-order valence-corrected chi connectivity index (χ2v) is 4.80. The molecular weight excluding hydrogens is 223 g/mol. The van der Waals surface area contributed by atoms with Crippen molar-refractivity contribution in [2.75, 3.05) is 6.61 Å². The van der Waals surface area contributed by atoms with E-state index in [1.807, 2.05) is 0 Å². The summed E-state index contributed by atoms with van der Waals surface area (Å²) in [5.41, 5.74) is -0.316. The van der Waals surface area contributed by atoms with Crippen LogP contribution in [0.25, 0.3) is 0 Å². The average Bonchev–Trinajstić information content (AvgIpc) is 2.23. The second-order valence-electron chi connectivity index (χ2n) is 4.80. The highest BCUT2D eigenvalue weighted by Crippen LogP contribution is 2.18. The molecule has 4 heteroatoms. The minimum atomic E-state index is -0.562. The molecule has 0 radical (unpaired) electrons. The van der Waals surface area contributed by atoms with Crippen molar-refractivity contribution in [1.82, 2.24) is 0 Å². The predicted molar refractivity (Wildman–Crippen MR) is 61.7 cm³/mol. The van der Waals surface area contributed by atoms with Crippen molar-refractivity contribution in [3.63, 3.8) is 0 Å². The van der Waals surface area contributed by atoms with E-state index >= 15 is 0 Å². The molecule has 0 saturated carbocycles. The first-order chi connectivity index (χ1) is 7.82. The van der Waals surface area contributed by atoms with Gasteiger partial charge in [0.25, 0.3) is 0 Å². The number of hydrogen-bond acceptors (Lipinski definition) is 3. The maximum absolute atomic E-state index is 13.0. The lowest BCUT2D eigenvalue weighted by Crippen LogP contribution is -2.26. The fourth-order valence-electron chi connectivity index (χ4n) is 1.10. The molecule has 0 bridgehead atoms. The third kappa shape index (κ3) is 3.98. The average molecular weight is 238 g/mol. The summed E-state index contributed by atoms with van der Waals surface area (Å²) in [4.78, 5) is 22.1. The monoisotopic (exact) mass is 238 g/mol. The number of aldehydes is 1. The second kappa shape index (κ2) is 5.08. The first kappa shape index (κ1) is 13.4. The fourth-order valence-corrected chi connectivity index (χ4v) is 1.10. The van der Waals surface area contributed by atoms with Crippen LogP contribution in [0.5, 0.6) is 5.75 Å². The highest BCUT2D eigenvalue weighted by molar-refractivity contribution is 5.85. The van der Waals surface area contributed by atoms with Crippen molar-refractivity contribution >= 4 is 12.1 Å². The number of ketones is 1. The van der Waals surface area contributed by atoms with E-state index in [9.17, 15) is 14.0 Å². The van der Waals surface area contributed by atoms with Gasteiger partial charge in [-0.2, -0.15) is 0 Å². The fraction of sp³-hybridized carbons (Fsp3) is 0.385. The van der Waals surface area contributed by atoms with Crippen molar-refractivity contribution in [2.45, 2.75) is 20.8 Å². The molecule has 0 fully saturated rings. The minimum absolute atomic E-state index is 0.0885. The van der Waals surface area contributed by atoms with E-state index in [0.29, 0.717) is 6.29 Å². The molecule has 0 aliphatic heterocycles. The third-order valence-corrected chi connectivity index (χ3v) is 2.24. The van der Waals surface area contributed by atoms with Crippen LogP contribution in [0, 0.1) is 11.2 Å². The number of hydrogen-bond donors (Lipinski definition) is 0. The maximum atomic E-state index is 13.0. The Hall–Kier alpha value is -1.71. The molecular formula is C13H15FO3. The Morgan fingerprint density at radius 2 is 2.00 bits per heavy atom. The van der Waals surface area contributed by atoms with Crippen LogP contribution in [0.4, 0.5) is 4.39 Å². The Morgan fingerprint density at radius 3 is 2.53 bits per heavy atom. The number of carbonyl (C=O) groups is 2. The van der Waals surface area contributed by atoms with Gasteiger partial charge in [-0.15, -0.1) is 0 Å². The van der Waals surface area contributed by atoms with Gasteiger partial charge in [0, 0.05) is 17.0 Å². The molecule has 0 heterocycles. The molecule has 0 aliphatic rings. The van der Waals surface area contributed by atoms with E-state index in [1.165, 1.54) is 6.07 Å². The SMILES string of the molecule is CC(C)(C)C(=O)COc1cc(F)cc(C=O)c1. The van der Waals surface area contributed by atoms with Crippen LogP contribution in [0.15, 0.2) is 18.2 Å². The van der Waals surface area contributed by atoms with E-state index in [1.54, 1.807) is 20.8 Å². The summed E-state index contributed by atoms with van der Waals surface area (Å²) in [6.07, 6.45) is 0.529. The number of ether oxygens (including phenoxy) is 1. The normalized spacial score (nSPS) is 11.1. The van der Waals surface area contributed by atoms with Gasteiger partial charge in [-0.05, 0) is 12.1 Å². The molecule has 0 aliphatic carbocycles. The van der Waals surface area contributed by atoms with Crippen molar-refractivity contribution in [3.05, 3.63) is 29.6 Å². The quantitative estimate of drug-likeness (QED) is 0.757. The zero-order valence-electron chi connectivity index (χ0n) is 10.1. The topological polar surface area (TPSA) is 43.4 Å². The highest BCUT2D eigenvalue weighted by Gasteiger charge is 2.21. The van der Waals surface area contributed by atoms with Crippen LogP contribution < -0.4 is 4.74 Å². The Kier molecular flexibility index (Phi) is 3.99.